The second kappa shape index (κ2) is 5.13. The minimum atomic E-state index is -1.22. The molecule has 4 heteroatoms. The molecular formula is C9H13NO3. The van der Waals surface area contributed by atoms with Gasteiger partial charge in [0.1, 0.15) is 5.75 Å². The minimum absolute atomic E-state index is 0.294. The molecule has 0 unspecified atom stereocenters. The van der Waals surface area contributed by atoms with Gasteiger partial charge < -0.3 is 10.2 Å². The number of nitrogens with zero attached hydrogens (tertiary/aromatic N) is 1. The Morgan fingerprint density at radius 1 is 1.46 bits per heavy atom. The molecule has 4 nitrogen and oxygen atoms in total. The quantitative estimate of drug-likeness (QED) is 0.696. The third kappa shape index (κ3) is 3.11. The Bertz CT molecular complexity index is 297. The molecule has 0 amide bonds. The summed E-state index contributed by atoms with van der Waals surface area (Å²) in [5.41, 5.74) is 0.420. The van der Waals surface area contributed by atoms with E-state index in [1.807, 2.05) is 13.8 Å². The highest BCUT2D eigenvalue weighted by Gasteiger charge is 2.09. The van der Waals surface area contributed by atoms with E-state index in [0.29, 0.717) is 0 Å². The normalized spacial score (nSPS) is 8.54. The number of carbonyl (C=O) groups is 1. The molecule has 0 radical (unpaired) electrons. The molecule has 72 valence electrons. The maximum Gasteiger partial charge on any atom is 0.358 e. The Hall–Kier alpha value is -1.58. The van der Waals surface area contributed by atoms with Gasteiger partial charge in [-0.25, -0.2) is 9.78 Å². The van der Waals surface area contributed by atoms with E-state index in [0.717, 1.165) is 5.56 Å². The first-order chi connectivity index (χ1) is 6.11. The van der Waals surface area contributed by atoms with Crippen molar-refractivity contribution in [2.45, 2.75) is 20.8 Å². The Kier molecular flexibility index (Phi) is 4.51. The molecule has 2 N–H and O–H groups in total. The molecule has 1 aromatic heterocycles. The second-order valence-electron chi connectivity index (χ2n) is 2.19. The lowest BCUT2D eigenvalue weighted by Crippen LogP contribution is -2.00. The predicted octanol–water partition coefficient (Wildman–Crippen LogP) is 1.82. The summed E-state index contributed by atoms with van der Waals surface area (Å²) in [4.78, 5) is 13.8. The summed E-state index contributed by atoms with van der Waals surface area (Å²) in [5.74, 6) is -1.51. The molecule has 0 spiro atoms. The highest BCUT2D eigenvalue weighted by atomic mass is 16.4. The van der Waals surface area contributed by atoms with Crippen LogP contribution in [0.25, 0.3) is 0 Å². The average molecular weight is 183 g/mol. The van der Waals surface area contributed by atoms with Gasteiger partial charge in [-0.3, -0.25) is 0 Å². The summed E-state index contributed by atoms with van der Waals surface area (Å²) in [6.07, 6.45) is 1.39. The number of pyridine rings is 1. The fourth-order valence-electron chi connectivity index (χ4n) is 0.719. The average Bonchev–Trinajstić information content (AvgIpc) is 2.07. The van der Waals surface area contributed by atoms with E-state index in [-0.39, 0.29) is 11.4 Å². The fourth-order valence-corrected chi connectivity index (χ4v) is 0.719. The van der Waals surface area contributed by atoms with Crippen molar-refractivity contribution in [3.8, 4) is 5.75 Å². The largest absolute Gasteiger partial charge is 0.505 e. The van der Waals surface area contributed by atoms with Gasteiger partial charge in [-0.1, -0.05) is 13.8 Å². The number of hydrogen-bond acceptors (Lipinski definition) is 3. The van der Waals surface area contributed by atoms with Crippen LogP contribution in [-0.4, -0.2) is 21.2 Å². The van der Waals surface area contributed by atoms with Crippen LogP contribution in [0.1, 0.15) is 29.9 Å². The van der Waals surface area contributed by atoms with Crippen LogP contribution in [0, 0.1) is 6.92 Å². The van der Waals surface area contributed by atoms with Crippen molar-refractivity contribution in [1.82, 2.24) is 4.98 Å². The van der Waals surface area contributed by atoms with Crippen molar-refractivity contribution in [1.29, 1.82) is 0 Å². The Morgan fingerprint density at radius 2 is 2.00 bits per heavy atom. The van der Waals surface area contributed by atoms with Crippen molar-refractivity contribution in [2.75, 3.05) is 0 Å². The number of rotatable bonds is 1. The van der Waals surface area contributed by atoms with E-state index in [1.54, 1.807) is 6.92 Å². The maximum absolute atomic E-state index is 10.3. The predicted molar refractivity (Wildman–Crippen MR) is 48.9 cm³/mol. The van der Waals surface area contributed by atoms with Crippen molar-refractivity contribution in [2.24, 2.45) is 0 Å². The van der Waals surface area contributed by atoms with Crippen LogP contribution in [0.4, 0.5) is 0 Å². The zero-order valence-electron chi connectivity index (χ0n) is 7.90. The zero-order valence-corrected chi connectivity index (χ0v) is 7.90. The molecule has 0 atom stereocenters. The number of carboxylic acids is 1. The van der Waals surface area contributed by atoms with Gasteiger partial charge >= 0.3 is 5.97 Å². The highest BCUT2D eigenvalue weighted by Crippen LogP contribution is 2.14. The second-order valence-corrected chi connectivity index (χ2v) is 2.19. The number of aryl methyl sites for hydroxylation is 1. The van der Waals surface area contributed by atoms with Crippen LogP contribution in [0.3, 0.4) is 0 Å². The standard InChI is InChI=1S/C7H7NO3.C2H6/c1-4-2-5(9)6(7(10)11)8-3-4;1-2/h2-3,9H,1H3,(H,10,11);1-2H3. The van der Waals surface area contributed by atoms with Crippen LogP contribution in [0.5, 0.6) is 5.75 Å². The molecule has 0 aliphatic carbocycles. The van der Waals surface area contributed by atoms with Gasteiger partial charge in [0.15, 0.2) is 5.69 Å². The molecule has 13 heavy (non-hydrogen) atoms. The third-order valence-electron chi connectivity index (χ3n) is 1.21. The van der Waals surface area contributed by atoms with E-state index in [1.165, 1.54) is 12.3 Å². The molecule has 0 fully saturated rings. The topological polar surface area (TPSA) is 70.4 Å². The number of hydrogen-bond donors (Lipinski definition) is 2. The molecule has 0 aliphatic heterocycles. The van der Waals surface area contributed by atoms with Crippen LogP contribution >= 0.6 is 0 Å². The summed E-state index contributed by atoms with van der Waals surface area (Å²) in [6, 6.07) is 1.36. The van der Waals surface area contributed by atoms with E-state index in [9.17, 15) is 4.79 Å². The maximum atomic E-state index is 10.3. The Labute approximate surface area is 76.9 Å². The van der Waals surface area contributed by atoms with Gasteiger partial charge in [0.25, 0.3) is 0 Å². The van der Waals surface area contributed by atoms with Gasteiger partial charge in [-0.2, -0.15) is 0 Å². The van der Waals surface area contributed by atoms with Crippen molar-refractivity contribution in [3.63, 3.8) is 0 Å². The molecule has 0 bridgehead atoms. The van der Waals surface area contributed by atoms with Crippen LogP contribution in [-0.2, 0) is 0 Å². The van der Waals surface area contributed by atoms with Crippen LogP contribution < -0.4 is 0 Å². The summed E-state index contributed by atoms with van der Waals surface area (Å²) in [6.45, 7) is 5.72. The van der Waals surface area contributed by atoms with Crippen LogP contribution in [0.15, 0.2) is 12.3 Å². The van der Waals surface area contributed by atoms with Crippen molar-refractivity contribution < 1.29 is 15.0 Å². The van der Waals surface area contributed by atoms with Gasteiger partial charge in [-0.15, -0.1) is 0 Å². The minimum Gasteiger partial charge on any atom is -0.505 e. The SMILES string of the molecule is CC.Cc1cnc(C(=O)O)c(O)c1. The number of aromatic hydroxyl groups is 1. The smallest absolute Gasteiger partial charge is 0.358 e. The molecule has 1 rings (SSSR count). The molecule has 0 saturated heterocycles. The first-order valence-corrected chi connectivity index (χ1v) is 4.00. The van der Waals surface area contributed by atoms with Gasteiger partial charge in [0.2, 0.25) is 0 Å². The van der Waals surface area contributed by atoms with Crippen molar-refractivity contribution >= 4 is 5.97 Å². The van der Waals surface area contributed by atoms with Gasteiger partial charge in [0.05, 0.1) is 0 Å². The number of carboxylic acid groups (broad SMARTS) is 1. The molecule has 1 aromatic rings. The summed E-state index contributed by atoms with van der Waals surface area (Å²) < 4.78 is 0. The Balaban J connectivity index is 0.000000671. The van der Waals surface area contributed by atoms with E-state index < -0.39 is 5.97 Å². The zero-order chi connectivity index (χ0) is 10.4. The lowest BCUT2D eigenvalue weighted by atomic mass is 10.2. The summed E-state index contributed by atoms with van der Waals surface area (Å²) >= 11 is 0. The highest BCUT2D eigenvalue weighted by molar-refractivity contribution is 5.88. The number of aromatic carboxylic acids is 1. The molecule has 1 heterocycles. The Morgan fingerprint density at radius 3 is 2.38 bits per heavy atom. The van der Waals surface area contributed by atoms with E-state index >= 15 is 0 Å². The van der Waals surface area contributed by atoms with Crippen LogP contribution in [0.2, 0.25) is 0 Å². The monoisotopic (exact) mass is 183 g/mol. The van der Waals surface area contributed by atoms with Gasteiger partial charge in [0, 0.05) is 6.20 Å². The summed E-state index contributed by atoms with van der Waals surface area (Å²) in [5, 5.41) is 17.5. The van der Waals surface area contributed by atoms with E-state index in [2.05, 4.69) is 4.98 Å². The van der Waals surface area contributed by atoms with Crippen molar-refractivity contribution in [3.05, 3.63) is 23.5 Å². The van der Waals surface area contributed by atoms with Gasteiger partial charge in [-0.05, 0) is 18.6 Å². The first kappa shape index (κ1) is 11.4. The molecule has 0 saturated carbocycles. The fraction of sp³-hybridized carbons (Fsp3) is 0.333. The van der Waals surface area contributed by atoms with E-state index in [4.69, 9.17) is 10.2 Å². The lowest BCUT2D eigenvalue weighted by Gasteiger charge is -1.97. The summed E-state index contributed by atoms with van der Waals surface area (Å²) in [7, 11) is 0. The molecular weight excluding hydrogens is 170 g/mol. The lowest BCUT2D eigenvalue weighted by molar-refractivity contribution is 0.0687. The third-order valence-corrected chi connectivity index (χ3v) is 1.21. The first-order valence-electron chi connectivity index (χ1n) is 4.00. The molecule has 0 aromatic carbocycles. The number of aromatic nitrogens is 1. The molecule has 0 aliphatic rings.